The van der Waals surface area contributed by atoms with Gasteiger partial charge >= 0.3 is 0 Å². The number of rotatable bonds is 4. The van der Waals surface area contributed by atoms with E-state index in [1.165, 1.54) is 0 Å². The molecule has 5 nitrogen and oxygen atoms in total. The van der Waals surface area contributed by atoms with Crippen LogP contribution in [0.25, 0.3) is 0 Å². The molecule has 26 heavy (non-hydrogen) atoms. The zero-order chi connectivity index (χ0) is 18.5. The van der Waals surface area contributed by atoms with Crippen LogP contribution >= 0.6 is 0 Å². The fraction of sp³-hybridized carbons (Fsp3) is 0.810. The number of ketones is 2. The maximum Gasteiger partial charge on any atom is 0.161 e. The lowest BCUT2D eigenvalue weighted by molar-refractivity contribution is -0.140. The zero-order valence-electron chi connectivity index (χ0n) is 15.3. The van der Waals surface area contributed by atoms with Crippen LogP contribution in [0.3, 0.4) is 0 Å². The van der Waals surface area contributed by atoms with Crippen molar-refractivity contribution in [3.63, 3.8) is 0 Å². The fourth-order valence-electron chi connectivity index (χ4n) is 7.37. The molecule has 0 aromatic carbocycles. The van der Waals surface area contributed by atoms with Gasteiger partial charge in [0.2, 0.25) is 0 Å². The second kappa shape index (κ2) is 6.54. The lowest BCUT2D eigenvalue weighted by Crippen LogP contribution is -2.55. The Hall–Kier alpha value is -1.04. The smallest absolute Gasteiger partial charge is 0.161 e. The molecular weight excluding hydrogens is 332 g/mol. The summed E-state index contributed by atoms with van der Waals surface area (Å²) in [7, 11) is 0. The van der Waals surface area contributed by atoms with Gasteiger partial charge in [-0.1, -0.05) is 5.57 Å². The molecular formula is C21H30O5. The van der Waals surface area contributed by atoms with Crippen molar-refractivity contribution in [1.82, 2.24) is 0 Å². The number of fused-ring (bicyclic) bond motifs is 5. The van der Waals surface area contributed by atoms with Gasteiger partial charge in [0.05, 0.1) is 6.61 Å². The zero-order valence-corrected chi connectivity index (χ0v) is 15.3. The number of hydrogen-bond donors (Lipinski definition) is 3. The highest BCUT2D eigenvalue weighted by Gasteiger charge is 2.62. The van der Waals surface area contributed by atoms with Crippen LogP contribution in [0, 0.1) is 34.5 Å². The van der Waals surface area contributed by atoms with Gasteiger partial charge < -0.3 is 15.3 Å². The number of carbonyl (C=O) groups is 2. The largest absolute Gasteiger partial charge is 0.396 e. The van der Waals surface area contributed by atoms with Gasteiger partial charge in [0, 0.05) is 29.8 Å². The molecule has 0 unspecified atom stereocenters. The van der Waals surface area contributed by atoms with Gasteiger partial charge in [-0.15, -0.1) is 0 Å². The highest BCUT2D eigenvalue weighted by molar-refractivity contribution is 5.91. The molecule has 4 aliphatic carbocycles. The second-order valence-corrected chi connectivity index (χ2v) is 9.05. The third kappa shape index (κ3) is 2.33. The molecule has 0 radical (unpaired) electrons. The minimum absolute atomic E-state index is 0.00456. The molecule has 144 valence electrons. The van der Waals surface area contributed by atoms with Crippen molar-refractivity contribution in [2.45, 2.75) is 51.4 Å². The van der Waals surface area contributed by atoms with Crippen LogP contribution in [-0.4, -0.2) is 46.7 Å². The van der Waals surface area contributed by atoms with Gasteiger partial charge in [-0.05, 0) is 68.8 Å². The maximum absolute atomic E-state index is 12.3. The first-order chi connectivity index (χ1) is 12.5. The molecule has 0 saturated heterocycles. The number of aliphatic hydroxyl groups is 3. The van der Waals surface area contributed by atoms with E-state index in [2.05, 4.69) is 0 Å². The Morgan fingerprint density at radius 2 is 1.81 bits per heavy atom. The number of Topliss-reactive ketones (excluding diaryl/α,β-unsaturated/α-hetero) is 1. The fourth-order valence-corrected chi connectivity index (χ4v) is 7.37. The van der Waals surface area contributed by atoms with Gasteiger partial charge in [-0.25, -0.2) is 0 Å². The summed E-state index contributed by atoms with van der Waals surface area (Å²) in [5, 5.41) is 30.0. The quantitative estimate of drug-likeness (QED) is 0.707. The molecule has 3 N–H and O–H groups in total. The summed E-state index contributed by atoms with van der Waals surface area (Å²) >= 11 is 0. The normalized spacial score (nSPS) is 44.7. The van der Waals surface area contributed by atoms with Crippen molar-refractivity contribution in [3.8, 4) is 0 Å². The van der Waals surface area contributed by atoms with E-state index in [0.717, 1.165) is 50.5 Å². The Balaban J connectivity index is 1.69. The molecule has 3 fully saturated rings. The van der Waals surface area contributed by atoms with Gasteiger partial charge in [-0.2, -0.15) is 0 Å². The second-order valence-electron chi connectivity index (χ2n) is 9.05. The molecule has 6 atom stereocenters. The van der Waals surface area contributed by atoms with Crippen molar-refractivity contribution in [2.75, 3.05) is 19.8 Å². The first-order valence-electron chi connectivity index (χ1n) is 10.1. The van der Waals surface area contributed by atoms with E-state index in [4.69, 9.17) is 0 Å². The Labute approximate surface area is 154 Å². The summed E-state index contributed by atoms with van der Waals surface area (Å²) in [4.78, 5) is 24.2. The number of carbonyl (C=O) groups excluding carboxylic acids is 2. The molecule has 0 heterocycles. The summed E-state index contributed by atoms with van der Waals surface area (Å²) in [6, 6.07) is 0. The Morgan fingerprint density at radius 1 is 1.00 bits per heavy atom. The topological polar surface area (TPSA) is 94.8 Å². The third-order valence-corrected chi connectivity index (χ3v) is 8.52. The third-order valence-electron chi connectivity index (χ3n) is 8.52. The van der Waals surface area contributed by atoms with Crippen LogP contribution in [0.2, 0.25) is 0 Å². The van der Waals surface area contributed by atoms with Crippen molar-refractivity contribution < 1.29 is 24.9 Å². The van der Waals surface area contributed by atoms with E-state index >= 15 is 0 Å². The molecule has 0 aromatic rings. The van der Waals surface area contributed by atoms with Crippen LogP contribution in [0.1, 0.15) is 51.4 Å². The lowest BCUT2D eigenvalue weighted by atomic mass is 9.46. The van der Waals surface area contributed by atoms with E-state index in [0.29, 0.717) is 18.3 Å². The highest BCUT2D eigenvalue weighted by atomic mass is 16.3. The van der Waals surface area contributed by atoms with Gasteiger partial charge in [-0.3, -0.25) is 9.59 Å². The molecule has 0 bridgehead atoms. The summed E-state index contributed by atoms with van der Waals surface area (Å²) in [5.74, 6) is 0.792. The monoisotopic (exact) mass is 362 g/mol. The van der Waals surface area contributed by atoms with E-state index in [1.54, 1.807) is 6.08 Å². The minimum atomic E-state index is -0.442. The van der Waals surface area contributed by atoms with Crippen molar-refractivity contribution in [3.05, 3.63) is 11.6 Å². The number of hydrogen-bond acceptors (Lipinski definition) is 5. The predicted molar refractivity (Wildman–Crippen MR) is 95.1 cm³/mol. The van der Waals surface area contributed by atoms with Crippen LogP contribution in [0.15, 0.2) is 11.6 Å². The summed E-state index contributed by atoms with van der Waals surface area (Å²) in [6.07, 6.45) is 8.15. The van der Waals surface area contributed by atoms with Gasteiger partial charge in [0.15, 0.2) is 11.6 Å². The highest BCUT2D eigenvalue weighted by Crippen LogP contribution is 2.66. The molecule has 3 saturated carbocycles. The first-order valence-corrected chi connectivity index (χ1v) is 10.1. The molecule has 0 aliphatic heterocycles. The summed E-state index contributed by atoms with van der Waals surface area (Å²) < 4.78 is 0. The molecule has 4 aliphatic rings. The van der Waals surface area contributed by atoms with E-state index in [1.807, 2.05) is 0 Å². The molecule has 0 aromatic heterocycles. The van der Waals surface area contributed by atoms with E-state index < -0.39 is 12.0 Å². The maximum atomic E-state index is 12.3. The van der Waals surface area contributed by atoms with E-state index in [9.17, 15) is 24.9 Å². The van der Waals surface area contributed by atoms with Crippen LogP contribution in [0.5, 0.6) is 0 Å². The van der Waals surface area contributed by atoms with Crippen LogP contribution in [0.4, 0.5) is 0 Å². The van der Waals surface area contributed by atoms with Crippen molar-refractivity contribution in [2.24, 2.45) is 34.5 Å². The Kier molecular flexibility index (Phi) is 4.61. The van der Waals surface area contributed by atoms with Gasteiger partial charge in [0.25, 0.3) is 0 Å². The molecule has 0 spiro atoms. The van der Waals surface area contributed by atoms with E-state index in [-0.39, 0.29) is 42.0 Å². The molecule has 0 amide bonds. The van der Waals surface area contributed by atoms with Crippen LogP contribution in [-0.2, 0) is 9.59 Å². The standard InChI is InChI=1S/C21H30O5/c22-10-19(26)18-4-3-16-15-2-1-13-9-14(25)5-7-20(13,11-23)17(15)6-8-21(16,18)12-24/h9,15-18,22-24H,1-8,10-12H2/t15-,16+,17+,18+,20-,21-/m0/s1. The molecule has 4 rings (SSSR count). The average molecular weight is 362 g/mol. The Bertz CT molecular complexity index is 640. The van der Waals surface area contributed by atoms with Crippen LogP contribution < -0.4 is 0 Å². The Morgan fingerprint density at radius 3 is 2.50 bits per heavy atom. The average Bonchev–Trinajstić information content (AvgIpc) is 3.07. The lowest BCUT2D eigenvalue weighted by Gasteiger charge is -2.58. The summed E-state index contributed by atoms with van der Waals surface area (Å²) in [6.45, 7) is -0.349. The van der Waals surface area contributed by atoms with Gasteiger partial charge in [0.1, 0.15) is 6.61 Å². The summed E-state index contributed by atoms with van der Waals surface area (Å²) in [5.41, 5.74) is 0.455. The van der Waals surface area contributed by atoms with Crippen molar-refractivity contribution in [1.29, 1.82) is 0 Å². The SMILES string of the molecule is O=C1C=C2CC[C@@H]3[C@@H](CC[C@@]4(CO)[C@@H](C(=O)CO)CC[C@H]34)[C@]2(CO)CC1. The molecule has 5 heteroatoms. The first kappa shape index (κ1) is 18.3. The van der Waals surface area contributed by atoms with Crippen molar-refractivity contribution >= 4 is 11.6 Å². The number of aliphatic hydroxyl groups excluding tert-OH is 3. The predicted octanol–water partition coefficient (Wildman–Crippen LogP) is 1.64. The minimum Gasteiger partial charge on any atom is -0.396 e.